The summed E-state index contributed by atoms with van der Waals surface area (Å²) in [4.78, 5) is 60.9. The highest BCUT2D eigenvalue weighted by Gasteiger charge is 2.53. The minimum absolute atomic E-state index is 0.00234. The molecule has 2 saturated heterocycles. The van der Waals surface area contributed by atoms with Crippen LogP contribution in [-0.2, 0) is 32.6 Å². The lowest BCUT2D eigenvalue weighted by Gasteiger charge is -2.39. The highest BCUT2D eigenvalue weighted by Crippen LogP contribution is 2.47. The fourth-order valence-corrected chi connectivity index (χ4v) is 6.65. The van der Waals surface area contributed by atoms with Crippen molar-refractivity contribution in [2.24, 2.45) is 0 Å². The summed E-state index contributed by atoms with van der Waals surface area (Å²) in [6.45, 7) is 1.80. The fourth-order valence-electron chi connectivity index (χ4n) is 6.65. The third-order valence-electron chi connectivity index (χ3n) is 8.47. The molecule has 10 heteroatoms. The summed E-state index contributed by atoms with van der Waals surface area (Å²) < 4.78 is 0. The predicted octanol–water partition coefficient (Wildman–Crippen LogP) is 1.80. The van der Waals surface area contributed by atoms with Crippen molar-refractivity contribution in [3.05, 3.63) is 76.6 Å². The van der Waals surface area contributed by atoms with Gasteiger partial charge in [-0.25, -0.2) is 9.78 Å². The number of rotatable bonds is 3. The van der Waals surface area contributed by atoms with Gasteiger partial charge in [-0.3, -0.25) is 14.4 Å². The van der Waals surface area contributed by atoms with Gasteiger partial charge in [0.25, 0.3) is 0 Å². The van der Waals surface area contributed by atoms with E-state index in [1.165, 1.54) is 4.90 Å². The lowest BCUT2D eigenvalue weighted by molar-refractivity contribution is -0.131. The van der Waals surface area contributed by atoms with Gasteiger partial charge >= 0.3 is 6.03 Å². The molecule has 2 fully saturated rings. The van der Waals surface area contributed by atoms with E-state index in [-0.39, 0.29) is 48.9 Å². The first-order valence-electron chi connectivity index (χ1n) is 12.7. The Bertz CT molecular complexity index is 1530. The van der Waals surface area contributed by atoms with Crippen molar-refractivity contribution in [3.8, 4) is 0 Å². The molecule has 3 aliphatic heterocycles. The molecular weight excluding hydrogens is 484 g/mol. The number of allylic oxidation sites excluding steroid dienone is 2. The monoisotopic (exact) mass is 510 g/mol. The van der Waals surface area contributed by atoms with E-state index in [4.69, 9.17) is 0 Å². The number of anilines is 2. The molecule has 4 heterocycles. The van der Waals surface area contributed by atoms with Crippen molar-refractivity contribution < 1.29 is 19.2 Å². The Hall–Kier alpha value is -4.47. The molecule has 1 aromatic heterocycles. The first-order chi connectivity index (χ1) is 18.2. The lowest BCUT2D eigenvalue weighted by Crippen LogP contribution is -2.54. The van der Waals surface area contributed by atoms with Crippen LogP contribution in [-0.4, -0.2) is 75.7 Å². The Kier molecular flexibility index (Phi) is 4.64. The van der Waals surface area contributed by atoms with Gasteiger partial charge < -0.3 is 25.3 Å². The zero-order valence-corrected chi connectivity index (χ0v) is 21.0. The molecule has 38 heavy (non-hydrogen) atoms. The maximum absolute atomic E-state index is 13.3. The van der Waals surface area contributed by atoms with E-state index in [1.54, 1.807) is 23.0 Å². The summed E-state index contributed by atoms with van der Waals surface area (Å²) in [5.74, 6) is 0.0976. The van der Waals surface area contributed by atoms with E-state index < -0.39 is 5.41 Å². The number of pyridine rings is 1. The molecule has 2 N–H and O–H groups in total. The Morgan fingerprint density at radius 2 is 2.00 bits per heavy atom. The summed E-state index contributed by atoms with van der Waals surface area (Å²) in [5, 5.41) is 5.85. The molecule has 192 valence electrons. The second-order valence-electron chi connectivity index (χ2n) is 10.7. The third-order valence-corrected chi connectivity index (χ3v) is 8.47. The molecule has 0 bridgehead atoms. The van der Waals surface area contributed by atoms with E-state index in [0.29, 0.717) is 24.3 Å². The fraction of sp³-hybridized carbons (Fsp3) is 0.321. The standard InChI is InChI=1S/C28H26N6O4/c1-15-8-20-24-21(9-15)33(27(38)34(24)14-23(36)32(20)2)13-22(35)30-18-6-5-16-11-28(12-17(16)10-18)19-4-3-7-29-25(19)31-26(28)37/h3-10,21,24H,11-14H2,1-2H3,(H,30,35)(H,29,31,37). The number of fused-ring (bicyclic) bond motifs is 3. The number of likely N-dealkylation sites (N-methyl/N-ethyl adjacent to an activating group) is 1. The van der Waals surface area contributed by atoms with Crippen LogP contribution in [0, 0.1) is 0 Å². The summed E-state index contributed by atoms with van der Waals surface area (Å²) in [5.41, 5.74) is 4.65. The van der Waals surface area contributed by atoms with Crippen LogP contribution in [0.5, 0.6) is 0 Å². The van der Waals surface area contributed by atoms with Crippen LogP contribution in [0.25, 0.3) is 0 Å². The summed E-state index contributed by atoms with van der Waals surface area (Å²) in [6, 6.07) is 8.57. The quantitative estimate of drug-likeness (QED) is 0.654. The Labute approximate surface area is 219 Å². The molecule has 5 amide bonds. The summed E-state index contributed by atoms with van der Waals surface area (Å²) in [7, 11) is 1.73. The lowest BCUT2D eigenvalue weighted by atomic mass is 9.79. The summed E-state index contributed by atoms with van der Waals surface area (Å²) in [6.07, 6.45) is 6.69. The first kappa shape index (κ1) is 22.7. The molecule has 1 aromatic carbocycles. The number of hydrogen-bond donors (Lipinski definition) is 2. The van der Waals surface area contributed by atoms with E-state index in [1.807, 2.05) is 49.4 Å². The van der Waals surface area contributed by atoms with Crippen LogP contribution in [0.2, 0.25) is 0 Å². The first-order valence-corrected chi connectivity index (χ1v) is 12.7. The minimum atomic E-state index is -0.678. The van der Waals surface area contributed by atoms with Crippen LogP contribution in [0.3, 0.4) is 0 Å². The predicted molar refractivity (Wildman–Crippen MR) is 138 cm³/mol. The van der Waals surface area contributed by atoms with Crippen molar-refractivity contribution in [3.63, 3.8) is 0 Å². The van der Waals surface area contributed by atoms with Gasteiger partial charge in [0.05, 0.1) is 17.5 Å². The molecule has 5 aliphatic rings. The molecule has 7 rings (SSSR count). The number of benzene rings is 1. The van der Waals surface area contributed by atoms with Crippen LogP contribution in [0.1, 0.15) is 23.6 Å². The van der Waals surface area contributed by atoms with E-state index >= 15 is 0 Å². The van der Waals surface area contributed by atoms with Gasteiger partial charge in [0.2, 0.25) is 17.7 Å². The van der Waals surface area contributed by atoms with Crippen LogP contribution >= 0.6 is 0 Å². The SMILES string of the molecule is CC1=CC2C3C(=C1)N(C)C(=O)CN3C(=O)N2CC(=O)Nc1ccc2c(c1)CC1(C2)C(=O)Nc2ncccc21. The number of carbonyl (C=O) groups excluding carboxylic acids is 4. The van der Waals surface area contributed by atoms with Gasteiger partial charge in [-0.2, -0.15) is 0 Å². The topological polar surface area (TPSA) is 115 Å². The van der Waals surface area contributed by atoms with Gasteiger partial charge in [-0.1, -0.05) is 23.8 Å². The molecule has 3 unspecified atom stereocenters. The number of amides is 5. The van der Waals surface area contributed by atoms with Crippen molar-refractivity contribution in [1.82, 2.24) is 19.7 Å². The number of carbonyl (C=O) groups is 4. The Morgan fingerprint density at radius 3 is 2.84 bits per heavy atom. The van der Waals surface area contributed by atoms with E-state index in [0.717, 1.165) is 28.0 Å². The number of aromatic nitrogens is 1. The van der Waals surface area contributed by atoms with Gasteiger partial charge in [-0.05, 0) is 55.2 Å². The van der Waals surface area contributed by atoms with Crippen LogP contribution in [0.4, 0.5) is 16.3 Å². The van der Waals surface area contributed by atoms with E-state index in [9.17, 15) is 19.2 Å². The minimum Gasteiger partial charge on any atom is -0.325 e. The highest BCUT2D eigenvalue weighted by molar-refractivity contribution is 6.06. The molecule has 2 aromatic rings. The van der Waals surface area contributed by atoms with Gasteiger partial charge in [0, 0.05) is 30.2 Å². The van der Waals surface area contributed by atoms with Crippen molar-refractivity contribution in [2.75, 3.05) is 30.8 Å². The summed E-state index contributed by atoms with van der Waals surface area (Å²) >= 11 is 0. The second-order valence-corrected chi connectivity index (χ2v) is 10.7. The van der Waals surface area contributed by atoms with Gasteiger partial charge in [0.15, 0.2) is 0 Å². The molecule has 0 radical (unpaired) electrons. The number of nitrogens with zero attached hydrogens (tertiary/aromatic N) is 4. The van der Waals surface area contributed by atoms with Crippen molar-refractivity contribution >= 4 is 35.3 Å². The molecule has 1 spiro atoms. The number of hydrogen-bond acceptors (Lipinski definition) is 5. The van der Waals surface area contributed by atoms with Crippen molar-refractivity contribution in [1.29, 1.82) is 0 Å². The highest BCUT2D eigenvalue weighted by atomic mass is 16.2. The van der Waals surface area contributed by atoms with Gasteiger partial charge in [0.1, 0.15) is 18.9 Å². The van der Waals surface area contributed by atoms with Crippen LogP contribution < -0.4 is 10.6 Å². The number of urea groups is 1. The van der Waals surface area contributed by atoms with Gasteiger partial charge in [-0.15, -0.1) is 0 Å². The average molecular weight is 511 g/mol. The number of nitrogens with one attached hydrogen (secondary N) is 2. The molecule has 2 aliphatic carbocycles. The normalized spacial score (nSPS) is 26.7. The zero-order valence-electron chi connectivity index (χ0n) is 21.0. The second kappa shape index (κ2) is 7.77. The van der Waals surface area contributed by atoms with Crippen molar-refractivity contribution in [2.45, 2.75) is 37.3 Å². The maximum Gasteiger partial charge on any atom is 0.322 e. The largest absolute Gasteiger partial charge is 0.325 e. The molecule has 10 nitrogen and oxygen atoms in total. The molecular formula is C28H26N6O4. The maximum atomic E-state index is 13.3. The Balaban J connectivity index is 1.10. The average Bonchev–Trinajstić information content (AvgIpc) is 3.49. The third kappa shape index (κ3) is 3.09. The number of piperazine rings is 1. The van der Waals surface area contributed by atoms with E-state index in [2.05, 4.69) is 15.6 Å². The molecule has 3 atom stereocenters. The smallest absolute Gasteiger partial charge is 0.322 e. The Morgan fingerprint density at radius 1 is 1.18 bits per heavy atom. The van der Waals surface area contributed by atoms with Crippen LogP contribution in [0.15, 0.2) is 60.0 Å². The zero-order chi connectivity index (χ0) is 26.3. The molecule has 0 saturated carbocycles.